The fraction of sp³-hybridized carbons (Fsp3) is 0.300. The highest BCUT2D eigenvalue weighted by Gasteiger charge is 1.88. The summed E-state index contributed by atoms with van der Waals surface area (Å²) in [4.78, 5) is 4.29. The minimum Gasteiger partial charge on any atom is -0.254 e. The maximum absolute atomic E-state index is 4.29. The standard InChI is InChI=1S/C10H15N/c1-5-9(6-2)11-10(7-3)8-4/h5-7H,1,3,8H2,2,4H3/b9-6-,11-10+. The average molecular weight is 149 g/mol. The molecule has 0 N–H and O–H groups in total. The number of rotatable bonds is 4. The highest BCUT2D eigenvalue weighted by atomic mass is 14.7. The summed E-state index contributed by atoms with van der Waals surface area (Å²) >= 11 is 0. The minimum atomic E-state index is 0.904. The van der Waals surface area contributed by atoms with Crippen LogP contribution in [0.4, 0.5) is 0 Å². The monoisotopic (exact) mass is 149 g/mol. The zero-order valence-electron chi connectivity index (χ0n) is 7.30. The van der Waals surface area contributed by atoms with E-state index in [1.807, 2.05) is 13.0 Å². The van der Waals surface area contributed by atoms with Crippen molar-refractivity contribution in [1.82, 2.24) is 0 Å². The van der Waals surface area contributed by atoms with Crippen LogP contribution in [0.25, 0.3) is 0 Å². The van der Waals surface area contributed by atoms with Crippen molar-refractivity contribution in [2.24, 2.45) is 4.99 Å². The van der Waals surface area contributed by atoms with Crippen LogP contribution < -0.4 is 0 Å². The molecular weight excluding hydrogens is 134 g/mol. The van der Waals surface area contributed by atoms with Gasteiger partial charge in [0.05, 0.1) is 5.70 Å². The molecule has 0 heterocycles. The van der Waals surface area contributed by atoms with Crippen LogP contribution in [-0.4, -0.2) is 5.71 Å². The first-order chi connectivity index (χ1) is 5.28. The molecular formula is C10H15N. The summed E-state index contributed by atoms with van der Waals surface area (Å²) in [6, 6.07) is 0. The summed E-state index contributed by atoms with van der Waals surface area (Å²) < 4.78 is 0. The predicted molar refractivity (Wildman–Crippen MR) is 51.9 cm³/mol. The molecule has 11 heavy (non-hydrogen) atoms. The first kappa shape index (κ1) is 9.89. The molecule has 0 aromatic carbocycles. The molecule has 0 spiro atoms. The van der Waals surface area contributed by atoms with Crippen molar-refractivity contribution in [3.05, 3.63) is 37.1 Å². The maximum atomic E-state index is 4.29. The Kier molecular flexibility index (Phi) is 5.09. The lowest BCUT2D eigenvalue weighted by Crippen LogP contribution is -1.89. The molecule has 0 aromatic rings. The van der Waals surface area contributed by atoms with Crippen LogP contribution in [-0.2, 0) is 0 Å². The van der Waals surface area contributed by atoms with E-state index in [-0.39, 0.29) is 0 Å². The molecule has 0 saturated heterocycles. The lowest BCUT2D eigenvalue weighted by molar-refractivity contribution is 1.25. The summed E-state index contributed by atoms with van der Waals surface area (Å²) in [6.45, 7) is 11.3. The van der Waals surface area contributed by atoms with Crippen LogP contribution in [0.1, 0.15) is 20.3 Å². The summed E-state index contributed by atoms with van der Waals surface area (Å²) in [5.41, 5.74) is 1.90. The van der Waals surface area contributed by atoms with E-state index in [1.54, 1.807) is 12.2 Å². The van der Waals surface area contributed by atoms with Gasteiger partial charge in [0.1, 0.15) is 0 Å². The van der Waals surface area contributed by atoms with Gasteiger partial charge in [-0.1, -0.05) is 26.2 Å². The number of hydrogen-bond acceptors (Lipinski definition) is 1. The van der Waals surface area contributed by atoms with Gasteiger partial charge in [-0.2, -0.15) is 0 Å². The van der Waals surface area contributed by atoms with Crippen molar-refractivity contribution in [3.8, 4) is 0 Å². The molecule has 0 unspecified atom stereocenters. The van der Waals surface area contributed by atoms with Gasteiger partial charge in [-0.25, -0.2) is 0 Å². The number of hydrogen-bond donors (Lipinski definition) is 0. The zero-order chi connectivity index (χ0) is 8.69. The van der Waals surface area contributed by atoms with Crippen molar-refractivity contribution in [2.75, 3.05) is 0 Å². The molecule has 0 aliphatic carbocycles. The summed E-state index contributed by atoms with van der Waals surface area (Å²) in [5.74, 6) is 0. The summed E-state index contributed by atoms with van der Waals surface area (Å²) in [5, 5.41) is 0. The SMILES string of the molecule is C=CC(=C/C)/N=C(\C=C)CC. The Labute approximate surface area is 68.9 Å². The molecule has 0 aliphatic rings. The van der Waals surface area contributed by atoms with Crippen molar-refractivity contribution < 1.29 is 0 Å². The Balaban J connectivity index is 4.47. The molecule has 0 saturated carbocycles. The average Bonchev–Trinajstić information content (AvgIpc) is 2.07. The van der Waals surface area contributed by atoms with Crippen molar-refractivity contribution in [3.63, 3.8) is 0 Å². The lowest BCUT2D eigenvalue weighted by atomic mass is 10.3. The van der Waals surface area contributed by atoms with Crippen molar-refractivity contribution in [1.29, 1.82) is 0 Å². The van der Waals surface area contributed by atoms with Gasteiger partial charge in [-0.05, 0) is 25.5 Å². The quantitative estimate of drug-likeness (QED) is 0.430. The lowest BCUT2D eigenvalue weighted by Gasteiger charge is -1.95. The molecule has 60 valence electrons. The van der Waals surface area contributed by atoms with E-state index < -0.39 is 0 Å². The van der Waals surface area contributed by atoms with E-state index in [0.29, 0.717) is 0 Å². The normalized spacial score (nSPS) is 12.9. The van der Waals surface area contributed by atoms with E-state index in [9.17, 15) is 0 Å². The fourth-order valence-electron chi connectivity index (χ4n) is 0.663. The van der Waals surface area contributed by atoms with Crippen LogP contribution in [0.5, 0.6) is 0 Å². The van der Waals surface area contributed by atoms with Gasteiger partial charge < -0.3 is 0 Å². The van der Waals surface area contributed by atoms with Crippen LogP contribution >= 0.6 is 0 Å². The van der Waals surface area contributed by atoms with Crippen molar-refractivity contribution in [2.45, 2.75) is 20.3 Å². The van der Waals surface area contributed by atoms with Gasteiger partial charge in [0.15, 0.2) is 0 Å². The summed E-state index contributed by atoms with van der Waals surface area (Å²) in [6.07, 6.45) is 6.34. The van der Waals surface area contributed by atoms with E-state index in [1.165, 1.54) is 0 Å². The van der Waals surface area contributed by atoms with Crippen LogP contribution in [0.2, 0.25) is 0 Å². The Morgan fingerprint density at radius 1 is 1.36 bits per heavy atom. The highest BCUT2D eigenvalue weighted by molar-refractivity contribution is 5.95. The molecule has 0 radical (unpaired) electrons. The van der Waals surface area contributed by atoms with Crippen LogP contribution in [0.3, 0.4) is 0 Å². The van der Waals surface area contributed by atoms with Gasteiger partial charge in [0.2, 0.25) is 0 Å². The molecule has 0 atom stereocenters. The first-order valence-electron chi connectivity index (χ1n) is 3.77. The molecule has 1 heteroatoms. The van der Waals surface area contributed by atoms with Gasteiger partial charge in [0.25, 0.3) is 0 Å². The fourth-order valence-corrected chi connectivity index (χ4v) is 0.663. The Morgan fingerprint density at radius 2 is 2.00 bits per heavy atom. The van der Waals surface area contributed by atoms with E-state index in [0.717, 1.165) is 17.8 Å². The minimum absolute atomic E-state index is 0.904. The third kappa shape index (κ3) is 3.56. The third-order valence-electron chi connectivity index (χ3n) is 1.38. The van der Waals surface area contributed by atoms with Crippen LogP contribution in [0.15, 0.2) is 42.1 Å². The second kappa shape index (κ2) is 5.66. The predicted octanol–water partition coefficient (Wildman–Crippen LogP) is 3.11. The highest BCUT2D eigenvalue weighted by Crippen LogP contribution is 2.00. The van der Waals surface area contributed by atoms with Gasteiger partial charge in [0, 0.05) is 5.71 Å². The van der Waals surface area contributed by atoms with Gasteiger partial charge in [-0.15, -0.1) is 0 Å². The number of nitrogens with zero attached hydrogens (tertiary/aromatic N) is 1. The zero-order valence-corrected chi connectivity index (χ0v) is 7.30. The Hall–Kier alpha value is -1.11. The number of aliphatic imine (C=N–C) groups is 1. The second-order valence-electron chi connectivity index (χ2n) is 2.08. The Morgan fingerprint density at radius 3 is 2.27 bits per heavy atom. The third-order valence-corrected chi connectivity index (χ3v) is 1.38. The maximum Gasteiger partial charge on any atom is 0.0584 e. The summed E-state index contributed by atoms with van der Waals surface area (Å²) in [7, 11) is 0. The largest absolute Gasteiger partial charge is 0.254 e. The molecule has 0 rings (SSSR count). The molecule has 1 nitrogen and oxygen atoms in total. The first-order valence-corrected chi connectivity index (χ1v) is 3.77. The van der Waals surface area contributed by atoms with Gasteiger partial charge >= 0.3 is 0 Å². The van der Waals surface area contributed by atoms with E-state index in [2.05, 4.69) is 25.1 Å². The smallest absolute Gasteiger partial charge is 0.0584 e. The number of allylic oxidation sites excluding steroid dienone is 3. The van der Waals surface area contributed by atoms with Gasteiger partial charge in [-0.3, -0.25) is 4.99 Å². The topological polar surface area (TPSA) is 12.4 Å². The molecule has 0 aromatic heterocycles. The molecule has 0 fully saturated rings. The molecule has 0 amide bonds. The second-order valence-corrected chi connectivity index (χ2v) is 2.08. The van der Waals surface area contributed by atoms with E-state index >= 15 is 0 Å². The molecule has 0 bridgehead atoms. The Bertz CT molecular complexity index is 197. The van der Waals surface area contributed by atoms with Crippen LogP contribution in [0, 0.1) is 0 Å². The van der Waals surface area contributed by atoms with E-state index in [4.69, 9.17) is 0 Å². The van der Waals surface area contributed by atoms with Crippen molar-refractivity contribution >= 4 is 5.71 Å². The molecule has 0 aliphatic heterocycles.